The van der Waals surface area contributed by atoms with Gasteiger partial charge in [-0.2, -0.15) is 0 Å². The molecule has 2 N–H and O–H groups in total. The van der Waals surface area contributed by atoms with E-state index in [9.17, 15) is 0 Å². The lowest BCUT2D eigenvalue weighted by Gasteiger charge is -2.19. The Hall–Kier alpha value is -1.26. The molecule has 0 bridgehead atoms. The van der Waals surface area contributed by atoms with E-state index in [0.29, 0.717) is 0 Å². The summed E-state index contributed by atoms with van der Waals surface area (Å²) in [6.07, 6.45) is 2.12. The zero-order valence-electron chi connectivity index (χ0n) is 12.1. The van der Waals surface area contributed by atoms with Crippen molar-refractivity contribution in [3.05, 3.63) is 23.8 Å². The average molecular weight is 264 g/mol. The van der Waals surface area contributed by atoms with E-state index in [0.717, 1.165) is 43.0 Å². The van der Waals surface area contributed by atoms with Crippen LogP contribution in [0, 0.1) is 0 Å². The monoisotopic (exact) mass is 264 g/mol. The molecule has 1 aromatic carbocycles. The van der Waals surface area contributed by atoms with Crippen LogP contribution in [0.15, 0.2) is 18.2 Å². The number of nitrogens with zero attached hydrogens (tertiary/aromatic N) is 1. The Balaban J connectivity index is 2.15. The normalized spacial score (nSPS) is 21.4. The van der Waals surface area contributed by atoms with Crippen molar-refractivity contribution in [2.75, 3.05) is 27.2 Å². The number of hydrogen-bond donors (Lipinski definition) is 1. The fourth-order valence-corrected chi connectivity index (χ4v) is 2.56. The maximum atomic E-state index is 6.08. The maximum Gasteiger partial charge on any atom is 0.163 e. The second kappa shape index (κ2) is 6.26. The number of rotatable bonds is 5. The largest absolute Gasteiger partial charge is 0.493 e. The molecule has 0 aliphatic carbocycles. The summed E-state index contributed by atoms with van der Waals surface area (Å²) in [7, 11) is 3.81. The SMILES string of the molecule is COc1c(CC(C)N)cccc1OC1CCN(C)C1. The highest BCUT2D eigenvalue weighted by Gasteiger charge is 2.22. The van der Waals surface area contributed by atoms with E-state index in [4.69, 9.17) is 15.2 Å². The highest BCUT2D eigenvalue weighted by Crippen LogP contribution is 2.33. The van der Waals surface area contributed by atoms with Crippen molar-refractivity contribution < 1.29 is 9.47 Å². The average Bonchev–Trinajstić information content (AvgIpc) is 2.74. The highest BCUT2D eigenvalue weighted by molar-refractivity contribution is 5.47. The predicted octanol–water partition coefficient (Wildman–Crippen LogP) is 1.67. The molecule has 1 aromatic rings. The quantitative estimate of drug-likeness (QED) is 0.879. The molecule has 4 nitrogen and oxygen atoms in total. The smallest absolute Gasteiger partial charge is 0.163 e. The molecule has 19 heavy (non-hydrogen) atoms. The number of methoxy groups -OCH3 is 1. The van der Waals surface area contributed by atoms with Crippen molar-refractivity contribution in [3.8, 4) is 11.5 Å². The van der Waals surface area contributed by atoms with Crippen LogP contribution < -0.4 is 15.2 Å². The summed E-state index contributed by atoms with van der Waals surface area (Å²) < 4.78 is 11.6. The van der Waals surface area contributed by atoms with Crippen LogP contribution in [0.2, 0.25) is 0 Å². The van der Waals surface area contributed by atoms with E-state index in [1.54, 1.807) is 7.11 Å². The standard InChI is InChI=1S/C15H24N2O2/c1-11(16)9-12-5-4-6-14(15(12)18-3)19-13-7-8-17(2)10-13/h4-6,11,13H,7-10,16H2,1-3H3. The van der Waals surface area contributed by atoms with Gasteiger partial charge in [-0.1, -0.05) is 12.1 Å². The van der Waals surface area contributed by atoms with Crippen LogP contribution in [0.25, 0.3) is 0 Å². The first kappa shape index (κ1) is 14.2. The summed E-state index contributed by atoms with van der Waals surface area (Å²) in [5.74, 6) is 1.66. The lowest BCUT2D eigenvalue weighted by atomic mass is 10.1. The van der Waals surface area contributed by atoms with E-state index in [2.05, 4.69) is 18.0 Å². The Bertz CT molecular complexity index is 421. The van der Waals surface area contributed by atoms with Crippen LogP contribution in [0.4, 0.5) is 0 Å². The predicted molar refractivity (Wildman–Crippen MR) is 76.9 cm³/mol. The molecular formula is C15H24N2O2. The van der Waals surface area contributed by atoms with Crippen LogP contribution in [-0.2, 0) is 6.42 Å². The number of para-hydroxylation sites is 1. The highest BCUT2D eigenvalue weighted by atomic mass is 16.5. The van der Waals surface area contributed by atoms with Gasteiger partial charge in [-0.15, -0.1) is 0 Å². The molecule has 1 aliphatic heterocycles. The van der Waals surface area contributed by atoms with Crippen LogP contribution >= 0.6 is 0 Å². The molecule has 1 aliphatic rings. The van der Waals surface area contributed by atoms with Crippen molar-refractivity contribution >= 4 is 0 Å². The Morgan fingerprint density at radius 1 is 1.47 bits per heavy atom. The van der Waals surface area contributed by atoms with Gasteiger partial charge in [0, 0.05) is 19.1 Å². The zero-order chi connectivity index (χ0) is 13.8. The topological polar surface area (TPSA) is 47.7 Å². The van der Waals surface area contributed by atoms with Crippen molar-refractivity contribution in [3.63, 3.8) is 0 Å². The number of nitrogens with two attached hydrogens (primary N) is 1. The third-order valence-electron chi connectivity index (χ3n) is 3.45. The van der Waals surface area contributed by atoms with Gasteiger partial charge in [0.2, 0.25) is 0 Å². The van der Waals surface area contributed by atoms with Gasteiger partial charge < -0.3 is 20.1 Å². The molecule has 1 heterocycles. The molecular weight excluding hydrogens is 240 g/mol. The fourth-order valence-electron chi connectivity index (χ4n) is 2.56. The Labute approximate surface area is 115 Å². The summed E-state index contributed by atoms with van der Waals surface area (Å²) in [5, 5.41) is 0. The van der Waals surface area contributed by atoms with Gasteiger partial charge in [0.05, 0.1) is 7.11 Å². The lowest BCUT2D eigenvalue weighted by Crippen LogP contribution is -2.22. The third kappa shape index (κ3) is 3.61. The minimum absolute atomic E-state index is 0.113. The summed E-state index contributed by atoms with van der Waals surface area (Å²) in [5.41, 5.74) is 6.99. The summed E-state index contributed by atoms with van der Waals surface area (Å²) in [6, 6.07) is 6.15. The van der Waals surface area contributed by atoms with E-state index in [-0.39, 0.29) is 12.1 Å². The van der Waals surface area contributed by atoms with Gasteiger partial charge in [0.25, 0.3) is 0 Å². The van der Waals surface area contributed by atoms with E-state index >= 15 is 0 Å². The number of benzene rings is 1. The van der Waals surface area contributed by atoms with Crippen molar-refractivity contribution in [1.82, 2.24) is 4.90 Å². The Morgan fingerprint density at radius 2 is 2.26 bits per heavy atom. The van der Waals surface area contributed by atoms with Gasteiger partial charge in [-0.25, -0.2) is 0 Å². The zero-order valence-corrected chi connectivity index (χ0v) is 12.1. The molecule has 2 atom stereocenters. The minimum atomic E-state index is 0.113. The molecule has 0 saturated carbocycles. The molecule has 0 spiro atoms. The summed E-state index contributed by atoms with van der Waals surface area (Å²) in [6.45, 7) is 4.06. The number of likely N-dealkylation sites (N-methyl/N-ethyl adjacent to an activating group) is 1. The molecule has 2 rings (SSSR count). The van der Waals surface area contributed by atoms with Crippen molar-refractivity contribution in [1.29, 1.82) is 0 Å². The molecule has 2 unspecified atom stereocenters. The molecule has 0 radical (unpaired) electrons. The Kier molecular flexibility index (Phi) is 4.66. The molecule has 0 amide bonds. The van der Waals surface area contributed by atoms with Gasteiger partial charge >= 0.3 is 0 Å². The van der Waals surface area contributed by atoms with Crippen molar-refractivity contribution in [2.24, 2.45) is 5.73 Å². The van der Waals surface area contributed by atoms with E-state index < -0.39 is 0 Å². The van der Waals surface area contributed by atoms with Crippen molar-refractivity contribution in [2.45, 2.75) is 31.9 Å². The summed E-state index contributed by atoms with van der Waals surface area (Å²) >= 11 is 0. The number of likely N-dealkylation sites (tertiary alicyclic amines) is 1. The van der Waals surface area contributed by atoms with Crippen LogP contribution in [0.5, 0.6) is 11.5 Å². The molecule has 1 saturated heterocycles. The second-order valence-electron chi connectivity index (χ2n) is 5.42. The second-order valence-corrected chi connectivity index (χ2v) is 5.42. The first-order valence-corrected chi connectivity index (χ1v) is 6.86. The van der Waals surface area contributed by atoms with Gasteiger partial charge in [-0.05, 0) is 38.4 Å². The minimum Gasteiger partial charge on any atom is -0.493 e. The number of hydrogen-bond acceptors (Lipinski definition) is 4. The van der Waals surface area contributed by atoms with Crippen LogP contribution in [0.1, 0.15) is 18.9 Å². The molecule has 106 valence electrons. The Morgan fingerprint density at radius 3 is 2.84 bits per heavy atom. The van der Waals surface area contributed by atoms with Gasteiger partial charge in [0.1, 0.15) is 6.10 Å². The van der Waals surface area contributed by atoms with Gasteiger partial charge in [0.15, 0.2) is 11.5 Å². The molecule has 0 aromatic heterocycles. The fraction of sp³-hybridized carbons (Fsp3) is 0.600. The number of ether oxygens (including phenoxy) is 2. The maximum absolute atomic E-state index is 6.08. The van der Waals surface area contributed by atoms with Crippen LogP contribution in [0.3, 0.4) is 0 Å². The summed E-state index contributed by atoms with van der Waals surface area (Å²) in [4.78, 5) is 2.28. The van der Waals surface area contributed by atoms with Gasteiger partial charge in [-0.3, -0.25) is 0 Å². The molecule has 1 fully saturated rings. The molecule has 4 heteroatoms. The first-order valence-electron chi connectivity index (χ1n) is 6.86. The van der Waals surface area contributed by atoms with E-state index in [1.807, 2.05) is 19.1 Å². The third-order valence-corrected chi connectivity index (χ3v) is 3.45. The van der Waals surface area contributed by atoms with E-state index in [1.165, 1.54) is 0 Å². The van der Waals surface area contributed by atoms with Crippen LogP contribution in [-0.4, -0.2) is 44.3 Å². The first-order chi connectivity index (χ1) is 9.10. The lowest BCUT2D eigenvalue weighted by molar-refractivity contribution is 0.199.